The van der Waals surface area contributed by atoms with Crippen LogP contribution < -0.4 is 4.74 Å². The van der Waals surface area contributed by atoms with E-state index < -0.39 is 18.0 Å². The minimum absolute atomic E-state index is 0.102. The van der Waals surface area contributed by atoms with Crippen LogP contribution in [0.4, 0.5) is 13.4 Å². The lowest BCUT2D eigenvalue weighted by atomic mass is 9.86. The molecule has 1 aliphatic rings. The molecule has 1 saturated heterocycles. The van der Waals surface area contributed by atoms with Gasteiger partial charge in [-0.1, -0.05) is 25.1 Å². The molecule has 20 heavy (non-hydrogen) atoms. The largest absolute Gasteiger partial charge is 0.459 e. The summed E-state index contributed by atoms with van der Waals surface area (Å²) in [7, 11) is 0. The summed E-state index contributed by atoms with van der Waals surface area (Å²) in [5, 5.41) is 0.123. The van der Waals surface area contributed by atoms with Crippen LogP contribution in [0.2, 0.25) is 0 Å². The molecule has 2 rings (SSSR count). The average molecular weight is 289 g/mol. The van der Waals surface area contributed by atoms with Crippen LogP contribution in [-0.2, 0) is 4.94 Å². The van der Waals surface area contributed by atoms with E-state index in [-0.39, 0.29) is 30.9 Å². The second-order valence-electron chi connectivity index (χ2n) is 4.94. The summed E-state index contributed by atoms with van der Waals surface area (Å²) in [6.07, 6.45) is -1.46. The summed E-state index contributed by atoms with van der Waals surface area (Å²) in [4.78, 5) is 4.08. The molecule has 1 aromatic carbocycles. The zero-order chi connectivity index (χ0) is 14.6. The predicted molar refractivity (Wildman–Crippen MR) is 67.7 cm³/mol. The second-order valence-corrected chi connectivity index (χ2v) is 4.94. The quantitative estimate of drug-likeness (QED) is 0.465. The van der Waals surface area contributed by atoms with Crippen LogP contribution in [0.5, 0.6) is 5.75 Å². The van der Waals surface area contributed by atoms with Gasteiger partial charge < -0.3 is 4.74 Å². The highest BCUT2D eigenvalue weighted by Crippen LogP contribution is 2.38. The molecular formula is C14H18F3NO2. The molecule has 1 fully saturated rings. The number of nitrogens with zero attached hydrogens (tertiary/aromatic N) is 1. The SMILES string of the molecule is CCC(OF)(Oc1ccccc1)C1CCN(F)C(F)C1. The van der Waals surface area contributed by atoms with E-state index in [0.717, 1.165) is 0 Å². The monoisotopic (exact) mass is 289 g/mol. The molecular weight excluding hydrogens is 271 g/mol. The Labute approximate surface area is 116 Å². The zero-order valence-corrected chi connectivity index (χ0v) is 11.3. The summed E-state index contributed by atoms with van der Waals surface area (Å²) >= 11 is 0. The molecule has 112 valence electrons. The molecule has 0 radical (unpaired) electrons. The number of hydrogen-bond donors (Lipinski definition) is 0. The van der Waals surface area contributed by atoms with Gasteiger partial charge in [-0.2, -0.15) is 0 Å². The molecule has 0 saturated carbocycles. The first-order valence-corrected chi connectivity index (χ1v) is 6.71. The van der Waals surface area contributed by atoms with E-state index in [2.05, 4.69) is 4.94 Å². The standard InChI is InChI=1S/C14H18F3NO2/c1-2-14(20-17,19-12-6-4-3-5-7-12)11-8-9-18(16)13(15)10-11/h3-7,11,13H,2,8-10H2,1H3. The Hall–Kier alpha value is -1.27. The van der Waals surface area contributed by atoms with Gasteiger partial charge in [0.05, 0.1) is 0 Å². The van der Waals surface area contributed by atoms with E-state index in [0.29, 0.717) is 5.75 Å². The van der Waals surface area contributed by atoms with Crippen molar-refractivity contribution in [2.75, 3.05) is 6.54 Å². The van der Waals surface area contributed by atoms with Crippen LogP contribution in [0.3, 0.4) is 0 Å². The molecule has 3 atom stereocenters. The summed E-state index contributed by atoms with van der Waals surface area (Å²) in [6.45, 7) is 1.59. The van der Waals surface area contributed by atoms with Crippen molar-refractivity contribution in [2.45, 2.75) is 38.3 Å². The van der Waals surface area contributed by atoms with Gasteiger partial charge in [0, 0.05) is 25.3 Å². The van der Waals surface area contributed by atoms with Crippen molar-refractivity contribution in [1.82, 2.24) is 5.12 Å². The van der Waals surface area contributed by atoms with E-state index >= 15 is 0 Å². The Kier molecular flexibility index (Phi) is 4.88. The Morgan fingerprint density at radius 2 is 2.05 bits per heavy atom. The van der Waals surface area contributed by atoms with Gasteiger partial charge in [-0.15, -0.1) is 14.5 Å². The van der Waals surface area contributed by atoms with E-state index in [4.69, 9.17) is 4.74 Å². The molecule has 0 amide bonds. The molecule has 0 aliphatic carbocycles. The maximum atomic E-state index is 13.5. The fraction of sp³-hybridized carbons (Fsp3) is 0.571. The molecule has 3 unspecified atom stereocenters. The van der Waals surface area contributed by atoms with Gasteiger partial charge in [0.15, 0.2) is 6.30 Å². The third-order valence-electron chi connectivity index (χ3n) is 3.75. The van der Waals surface area contributed by atoms with Gasteiger partial charge in [0.2, 0.25) is 5.79 Å². The highest BCUT2D eigenvalue weighted by Gasteiger charge is 2.46. The normalized spacial score (nSPS) is 27.0. The number of alkyl halides is 1. The number of halogens is 3. The molecule has 1 aromatic rings. The molecule has 0 bridgehead atoms. The Bertz CT molecular complexity index is 414. The second kappa shape index (κ2) is 6.45. The Morgan fingerprint density at radius 1 is 1.35 bits per heavy atom. The number of ether oxygens (including phenoxy) is 1. The topological polar surface area (TPSA) is 21.7 Å². The molecule has 6 heteroatoms. The van der Waals surface area contributed by atoms with Crippen LogP contribution in [-0.4, -0.2) is 23.7 Å². The van der Waals surface area contributed by atoms with Crippen molar-refractivity contribution in [3.8, 4) is 5.75 Å². The van der Waals surface area contributed by atoms with E-state index in [1.807, 2.05) is 0 Å². The van der Waals surface area contributed by atoms with Crippen molar-refractivity contribution >= 4 is 0 Å². The highest BCUT2D eigenvalue weighted by atomic mass is 19.3. The lowest BCUT2D eigenvalue weighted by Crippen LogP contribution is -2.50. The van der Waals surface area contributed by atoms with Gasteiger partial charge in [-0.25, -0.2) is 4.39 Å². The van der Waals surface area contributed by atoms with Gasteiger partial charge in [-0.3, -0.25) is 0 Å². The Balaban J connectivity index is 2.16. The van der Waals surface area contributed by atoms with Gasteiger partial charge in [0.1, 0.15) is 5.75 Å². The van der Waals surface area contributed by atoms with Gasteiger partial charge in [0.25, 0.3) is 0 Å². The van der Waals surface area contributed by atoms with Gasteiger partial charge in [-0.05, 0) is 23.1 Å². The first kappa shape index (κ1) is 15.1. The third-order valence-corrected chi connectivity index (χ3v) is 3.75. The Morgan fingerprint density at radius 3 is 2.60 bits per heavy atom. The molecule has 3 nitrogen and oxygen atoms in total. The molecule has 0 N–H and O–H groups in total. The van der Waals surface area contributed by atoms with Crippen molar-refractivity contribution in [1.29, 1.82) is 0 Å². The summed E-state index contributed by atoms with van der Waals surface area (Å²) in [5.74, 6) is -1.70. The zero-order valence-electron chi connectivity index (χ0n) is 11.3. The number of hydrogen-bond acceptors (Lipinski definition) is 3. The fourth-order valence-corrected chi connectivity index (χ4v) is 2.55. The van der Waals surface area contributed by atoms with Crippen LogP contribution in [0.15, 0.2) is 30.3 Å². The van der Waals surface area contributed by atoms with Crippen LogP contribution in [0.1, 0.15) is 26.2 Å². The summed E-state index contributed by atoms with van der Waals surface area (Å²) < 4.78 is 45.3. The van der Waals surface area contributed by atoms with Gasteiger partial charge >= 0.3 is 0 Å². The molecule has 0 spiro atoms. The van der Waals surface area contributed by atoms with Crippen molar-refractivity contribution in [3.05, 3.63) is 30.3 Å². The van der Waals surface area contributed by atoms with Crippen LogP contribution >= 0.6 is 0 Å². The fourth-order valence-electron chi connectivity index (χ4n) is 2.55. The number of rotatable bonds is 5. The molecule has 1 heterocycles. The minimum atomic E-state index is -1.76. The van der Waals surface area contributed by atoms with Crippen molar-refractivity contribution < 1.29 is 23.1 Å². The van der Waals surface area contributed by atoms with E-state index in [1.54, 1.807) is 37.3 Å². The molecule has 1 aliphatic heterocycles. The van der Waals surface area contributed by atoms with Crippen molar-refractivity contribution in [3.63, 3.8) is 0 Å². The average Bonchev–Trinajstić information content (AvgIpc) is 2.49. The van der Waals surface area contributed by atoms with E-state index in [1.165, 1.54) is 0 Å². The maximum absolute atomic E-state index is 13.5. The number of piperidine rings is 1. The summed E-state index contributed by atoms with van der Waals surface area (Å²) in [6, 6.07) is 8.63. The third kappa shape index (κ3) is 3.07. The highest BCUT2D eigenvalue weighted by molar-refractivity contribution is 5.21. The first-order chi connectivity index (χ1) is 9.61. The van der Waals surface area contributed by atoms with Crippen molar-refractivity contribution in [2.24, 2.45) is 5.92 Å². The summed E-state index contributed by atoms with van der Waals surface area (Å²) in [5.41, 5.74) is 0. The van der Waals surface area contributed by atoms with Crippen LogP contribution in [0, 0.1) is 5.92 Å². The van der Waals surface area contributed by atoms with E-state index in [9.17, 15) is 13.4 Å². The number of para-hydroxylation sites is 1. The first-order valence-electron chi connectivity index (χ1n) is 6.71. The minimum Gasteiger partial charge on any atom is -0.459 e. The van der Waals surface area contributed by atoms with Crippen LogP contribution in [0.25, 0.3) is 0 Å². The maximum Gasteiger partial charge on any atom is 0.248 e. The smallest absolute Gasteiger partial charge is 0.248 e. The lowest BCUT2D eigenvalue weighted by Gasteiger charge is -2.40. The lowest BCUT2D eigenvalue weighted by molar-refractivity contribution is -0.346. The number of benzene rings is 1. The predicted octanol–water partition coefficient (Wildman–Crippen LogP) is 3.96. The molecule has 0 aromatic heterocycles.